The lowest BCUT2D eigenvalue weighted by atomic mass is 10.1. The molecule has 0 radical (unpaired) electrons. The number of rotatable bonds is 5. The largest absolute Gasteiger partial charge is 0.353 e. The van der Waals surface area contributed by atoms with Gasteiger partial charge < -0.3 is 9.80 Å². The van der Waals surface area contributed by atoms with E-state index in [2.05, 4.69) is 46.1 Å². The number of hydrogen-bond acceptors (Lipinski definition) is 6. The number of aromatic nitrogens is 3. The van der Waals surface area contributed by atoms with E-state index in [-0.39, 0.29) is 5.91 Å². The quantitative estimate of drug-likeness (QED) is 0.646. The molecule has 2 aliphatic heterocycles. The highest BCUT2D eigenvalue weighted by molar-refractivity contribution is 7.13. The van der Waals surface area contributed by atoms with E-state index in [1.54, 1.807) is 17.7 Å². The van der Waals surface area contributed by atoms with Crippen LogP contribution in [0.1, 0.15) is 23.0 Å². The van der Waals surface area contributed by atoms with Gasteiger partial charge in [0, 0.05) is 64.2 Å². The molecule has 1 fully saturated rings. The zero-order valence-electron chi connectivity index (χ0n) is 16.8. The molecule has 5 rings (SSSR count). The van der Waals surface area contributed by atoms with Gasteiger partial charge in [-0.05, 0) is 30.6 Å². The molecule has 29 heavy (non-hydrogen) atoms. The molecule has 0 unspecified atom stereocenters. The Morgan fingerprint density at radius 3 is 2.72 bits per heavy atom. The molecular weight excluding hydrogens is 384 g/mol. The zero-order valence-corrected chi connectivity index (χ0v) is 17.6. The Hall–Kier alpha value is -2.45. The molecule has 8 heteroatoms. The van der Waals surface area contributed by atoms with Gasteiger partial charge in [0.1, 0.15) is 5.82 Å². The molecule has 1 aromatic carbocycles. The van der Waals surface area contributed by atoms with Crippen molar-refractivity contribution in [1.82, 2.24) is 24.0 Å². The molecule has 1 saturated heterocycles. The summed E-state index contributed by atoms with van der Waals surface area (Å²) in [5.74, 6) is 1.26. The van der Waals surface area contributed by atoms with Gasteiger partial charge in [0.2, 0.25) is 0 Å². The number of carbonyl (C=O) groups excluding carboxylic acids is 1. The molecule has 2 aliphatic rings. The molecule has 152 valence electrons. The van der Waals surface area contributed by atoms with Crippen LogP contribution in [0, 0.1) is 0 Å². The fourth-order valence-electron chi connectivity index (χ4n) is 4.40. The van der Waals surface area contributed by atoms with Crippen LogP contribution in [0.2, 0.25) is 0 Å². The highest BCUT2D eigenvalue weighted by Crippen LogP contribution is 2.29. The first-order chi connectivity index (χ1) is 14.2. The van der Waals surface area contributed by atoms with Crippen LogP contribution in [0.3, 0.4) is 0 Å². The summed E-state index contributed by atoms with van der Waals surface area (Å²) < 4.78 is 7.89. The number of amides is 1. The highest BCUT2D eigenvalue weighted by Gasteiger charge is 2.28. The van der Waals surface area contributed by atoms with E-state index < -0.39 is 0 Å². The van der Waals surface area contributed by atoms with Crippen molar-refractivity contribution in [2.45, 2.75) is 19.9 Å². The summed E-state index contributed by atoms with van der Waals surface area (Å²) in [4.78, 5) is 19.6. The summed E-state index contributed by atoms with van der Waals surface area (Å²) in [7, 11) is 0. The van der Waals surface area contributed by atoms with Crippen molar-refractivity contribution in [3.8, 4) is 0 Å². The Morgan fingerprint density at radius 2 is 1.90 bits per heavy atom. The Balaban J connectivity index is 1.16. The minimum absolute atomic E-state index is 0.138. The lowest BCUT2D eigenvalue weighted by Gasteiger charge is -2.36. The molecule has 0 spiro atoms. The van der Waals surface area contributed by atoms with Gasteiger partial charge in [0.05, 0.1) is 22.2 Å². The second-order valence-electron chi connectivity index (χ2n) is 7.69. The van der Waals surface area contributed by atoms with Crippen molar-refractivity contribution in [3.63, 3.8) is 0 Å². The van der Waals surface area contributed by atoms with Crippen molar-refractivity contribution >= 4 is 33.3 Å². The van der Waals surface area contributed by atoms with E-state index in [4.69, 9.17) is 4.37 Å². The van der Waals surface area contributed by atoms with Crippen molar-refractivity contribution in [3.05, 3.63) is 41.7 Å². The standard InChI is InChI=1S/C21H26N6OS/c1-2-27-18-7-8-26(21(28)17(18)15-22-27)14-11-24-9-12-25(13-10-24)20-16-5-3-4-6-19(16)29-23-20/h3-6,15H,2,7-14H2,1H3. The minimum atomic E-state index is 0.138. The fourth-order valence-corrected chi connectivity index (χ4v) is 5.19. The maximum absolute atomic E-state index is 12.8. The molecule has 4 heterocycles. The van der Waals surface area contributed by atoms with Crippen molar-refractivity contribution in [2.24, 2.45) is 0 Å². The smallest absolute Gasteiger partial charge is 0.257 e. The molecule has 0 N–H and O–H groups in total. The van der Waals surface area contributed by atoms with E-state index in [9.17, 15) is 4.79 Å². The Bertz CT molecular complexity index is 1020. The van der Waals surface area contributed by atoms with Crippen molar-refractivity contribution < 1.29 is 4.79 Å². The zero-order chi connectivity index (χ0) is 19.8. The Labute approximate surface area is 174 Å². The summed E-state index contributed by atoms with van der Waals surface area (Å²) in [6.45, 7) is 9.37. The van der Waals surface area contributed by atoms with Gasteiger partial charge in [-0.2, -0.15) is 9.47 Å². The molecule has 7 nitrogen and oxygen atoms in total. The summed E-state index contributed by atoms with van der Waals surface area (Å²) in [5.41, 5.74) is 1.89. The summed E-state index contributed by atoms with van der Waals surface area (Å²) in [5, 5.41) is 5.61. The van der Waals surface area contributed by atoms with E-state index in [0.29, 0.717) is 0 Å². The van der Waals surface area contributed by atoms with Gasteiger partial charge in [-0.25, -0.2) is 0 Å². The topological polar surface area (TPSA) is 57.5 Å². The predicted octanol–water partition coefficient (Wildman–Crippen LogP) is 2.33. The fraction of sp³-hybridized carbons (Fsp3) is 0.476. The van der Waals surface area contributed by atoms with Gasteiger partial charge >= 0.3 is 0 Å². The highest BCUT2D eigenvalue weighted by atomic mass is 32.1. The first-order valence-corrected chi connectivity index (χ1v) is 11.2. The number of anilines is 1. The van der Waals surface area contributed by atoms with Crippen LogP contribution < -0.4 is 4.90 Å². The van der Waals surface area contributed by atoms with Crippen LogP contribution in [0.4, 0.5) is 5.82 Å². The third-order valence-corrected chi connectivity index (χ3v) is 6.92. The van der Waals surface area contributed by atoms with E-state index >= 15 is 0 Å². The number of aryl methyl sites for hydroxylation is 1. The molecular formula is C21H26N6OS. The normalized spacial score (nSPS) is 17.9. The van der Waals surface area contributed by atoms with Gasteiger partial charge in [0.15, 0.2) is 0 Å². The number of nitrogens with zero attached hydrogens (tertiary/aromatic N) is 6. The third-order valence-electron chi connectivity index (χ3n) is 6.10. The van der Waals surface area contributed by atoms with Crippen LogP contribution in [-0.2, 0) is 13.0 Å². The molecule has 0 bridgehead atoms. The van der Waals surface area contributed by atoms with Gasteiger partial charge in [-0.3, -0.25) is 14.4 Å². The lowest BCUT2D eigenvalue weighted by Crippen LogP contribution is -2.50. The molecule has 0 saturated carbocycles. The lowest BCUT2D eigenvalue weighted by molar-refractivity contribution is 0.0715. The Kier molecular flexibility index (Phi) is 4.97. The van der Waals surface area contributed by atoms with Crippen LogP contribution >= 0.6 is 11.5 Å². The minimum Gasteiger partial charge on any atom is -0.353 e. The number of hydrogen-bond donors (Lipinski definition) is 0. The van der Waals surface area contributed by atoms with Gasteiger partial charge in [-0.1, -0.05) is 12.1 Å². The third kappa shape index (κ3) is 3.40. The summed E-state index contributed by atoms with van der Waals surface area (Å²) in [6.07, 6.45) is 2.64. The van der Waals surface area contributed by atoms with Crippen LogP contribution in [0.15, 0.2) is 30.5 Å². The average Bonchev–Trinajstić information content (AvgIpc) is 3.38. The van der Waals surface area contributed by atoms with E-state index in [1.165, 1.54) is 10.1 Å². The average molecular weight is 411 g/mol. The Morgan fingerprint density at radius 1 is 1.07 bits per heavy atom. The first kappa shape index (κ1) is 18.6. The molecule has 2 aromatic heterocycles. The first-order valence-electron chi connectivity index (χ1n) is 10.4. The maximum atomic E-state index is 12.8. The molecule has 1 amide bonds. The number of benzene rings is 1. The van der Waals surface area contributed by atoms with Gasteiger partial charge in [0.25, 0.3) is 5.91 Å². The summed E-state index contributed by atoms with van der Waals surface area (Å²) >= 11 is 1.58. The monoisotopic (exact) mass is 410 g/mol. The number of fused-ring (bicyclic) bond motifs is 2. The molecule has 3 aromatic rings. The molecule has 0 atom stereocenters. The second kappa shape index (κ2) is 7.76. The van der Waals surface area contributed by atoms with Crippen molar-refractivity contribution in [2.75, 3.05) is 50.7 Å². The van der Waals surface area contributed by atoms with E-state index in [1.807, 2.05) is 9.58 Å². The maximum Gasteiger partial charge on any atom is 0.257 e. The predicted molar refractivity (Wildman–Crippen MR) is 116 cm³/mol. The van der Waals surface area contributed by atoms with Crippen molar-refractivity contribution in [1.29, 1.82) is 0 Å². The van der Waals surface area contributed by atoms with Gasteiger partial charge in [-0.15, -0.1) is 0 Å². The van der Waals surface area contributed by atoms with E-state index in [0.717, 1.165) is 75.9 Å². The molecule has 0 aliphatic carbocycles. The number of carbonyl (C=O) groups is 1. The van der Waals surface area contributed by atoms with Crippen LogP contribution in [-0.4, -0.2) is 75.7 Å². The summed E-state index contributed by atoms with van der Waals surface area (Å²) in [6, 6.07) is 8.46. The SMILES string of the molecule is CCn1ncc2c1CCN(CCN1CCN(c3nsc4ccccc34)CC1)C2=O. The van der Waals surface area contributed by atoms with Crippen LogP contribution in [0.5, 0.6) is 0 Å². The number of piperazine rings is 1. The van der Waals surface area contributed by atoms with Crippen LogP contribution in [0.25, 0.3) is 10.1 Å². The second-order valence-corrected chi connectivity index (χ2v) is 8.50.